The zero-order valence-corrected chi connectivity index (χ0v) is 13.8. The molecule has 0 radical (unpaired) electrons. The van der Waals surface area contributed by atoms with Crippen molar-refractivity contribution in [3.05, 3.63) is 64.7 Å². The molecule has 2 atom stereocenters. The van der Waals surface area contributed by atoms with Crippen molar-refractivity contribution in [1.82, 2.24) is 5.32 Å². The molecular weight excluding hydrogens is 310 g/mol. The van der Waals surface area contributed by atoms with Gasteiger partial charge in [0.1, 0.15) is 0 Å². The van der Waals surface area contributed by atoms with Gasteiger partial charge in [0, 0.05) is 16.8 Å². The summed E-state index contributed by atoms with van der Waals surface area (Å²) in [4.78, 5) is 12.3. The first kappa shape index (κ1) is 17.0. The van der Waals surface area contributed by atoms with E-state index in [-0.39, 0.29) is 18.0 Å². The number of hydrogen-bond acceptors (Lipinski definition) is 3. The SMILES string of the molecule is C[C@H](N[C@H](C)c1ccc(Cl)cc1)C(=O)Nc1cccc(C#N)c1. The lowest BCUT2D eigenvalue weighted by Crippen LogP contribution is -2.39. The molecule has 0 saturated carbocycles. The number of rotatable bonds is 5. The number of nitrogens with one attached hydrogen (secondary N) is 2. The molecule has 0 bridgehead atoms. The summed E-state index contributed by atoms with van der Waals surface area (Å²) in [6.45, 7) is 3.79. The van der Waals surface area contributed by atoms with Crippen LogP contribution >= 0.6 is 11.6 Å². The van der Waals surface area contributed by atoms with Crippen molar-refractivity contribution in [2.75, 3.05) is 5.32 Å². The van der Waals surface area contributed by atoms with Crippen LogP contribution in [0.1, 0.15) is 31.0 Å². The molecule has 2 aromatic carbocycles. The van der Waals surface area contributed by atoms with Crippen LogP contribution in [0.2, 0.25) is 5.02 Å². The van der Waals surface area contributed by atoms with Gasteiger partial charge in [-0.3, -0.25) is 10.1 Å². The molecule has 2 aromatic rings. The number of halogens is 1. The lowest BCUT2D eigenvalue weighted by Gasteiger charge is -2.20. The van der Waals surface area contributed by atoms with Gasteiger partial charge in [-0.15, -0.1) is 0 Å². The van der Waals surface area contributed by atoms with Crippen LogP contribution in [0.3, 0.4) is 0 Å². The normalized spacial score (nSPS) is 13.0. The van der Waals surface area contributed by atoms with Gasteiger partial charge in [0.2, 0.25) is 5.91 Å². The molecule has 0 spiro atoms. The van der Waals surface area contributed by atoms with E-state index in [0.717, 1.165) is 5.56 Å². The summed E-state index contributed by atoms with van der Waals surface area (Å²) in [5.41, 5.74) is 2.18. The molecule has 2 N–H and O–H groups in total. The highest BCUT2D eigenvalue weighted by molar-refractivity contribution is 6.30. The Kier molecular flexibility index (Phi) is 5.75. The van der Waals surface area contributed by atoms with Crippen LogP contribution in [0, 0.1) is 11.3 Å². The highest BCUT2D eigenvalue weighted by atomic mass is 35.5. The summed E-state index contributed by atoms with van der Waals surface area (Å²) in [6.07, 6.45) is 0. The average Bonchev–Trinajstić information content (AvgIpc) is 2.55. The number of anilines is 1. The average molecular weight is 328 g/mol. The zero-order valence-electron chi connectivity index (χ0n) is 13.0. The van der Waals surface area contributed by atoms with Crippen LogP contribution in [-0.2, 0) is 4.79 Å². The Bertz CT molecular complexity index is 722. The van der Waals surface area contributed by atoms with Crippen LogP contribution in [0.5, 0.6) is 0 Å². The second kappa shape index (κ2) is 7.77. The Labute approximate surface area is 141 Å². The summed E-state index contributed by atoms with van der Waals surface area (Å²) >= 11 is 5.88. The van der Waals surface area contributed by atoms with E-state index in [1.54, 1.807) is 31.2 Å². The fraction of sp³-hybridized carbons (Fsp3) is 0.222. The molecule has 5 heteroatoms. The number of amides is 1. The minimum absolute atomic E-state index is 0.0125. The van der Waals surface area contributed by atoms with Gasteiger partial charge in [-0.1, -0.05) is 29.8 Å². The van der Waals surface area contributed by atoms with Crippen LogP contribution in [0.4, 0.5) is 5.69 Å². The molecule has 4 nitrogen and oxygen atoms in total. The summed E-state index contributed by atoms with van der Waals surface area (Å²) in [7, 11) is 0. The highest BCUT2D eigenvalue weighted by Crippen LogP contribution is 2.17. The lowest BCUT2D eigenvalue weighted by molar-refractivity contribution is -0.117. The van der Waals surface area contributed by atoms with Crippen molar-refractivity contribution in [3.63, 3.8) is 0 Å². The molecule has 1 amide bonds. The van der Waals surface area contributed by atoms with E-state index in [9.17, 15) is 4.79 Å². The molecule has 0 fully saturated rings. The molecule has 0 unspecified atom stereocenters. The van der Waals surface area contributed by atoms with Gasteiger partial charge in [-0.25, -0.2) is 0 Å². The molecule has 2 rings (SSSR count). The summed E-state index contributed by atoms with van der Waals surface area (Å²) in [5, 5.41) is 15.6. The number of carbonyl (C=O) groups excluding carboxylic acids is 1. The zero-order chi connectivity index (χ0) is 16.8. The summed E-state index contributed by atoms with van der Waals surface area (Å²) in [6, 6.07) is 16.0. The highest BCUT2D eigenvalue weighted by Gasteiger charge is 2.16. The van der Waals surface area contributed by atoms with Gasteiger partial charge in [0.25, 0.3) is 0 Å². The van der Waals surface area contributed by atoms with E-state index in [2.05, 4.69) is 16.7 Å². The van der Waals surface area contributed by atoms with Crippen LogP contribution in [0.15, 0.2) is 48.5 Å². The third-order valence-electron chi connectivity index (χ3n) is 3.52. The topological polar surface area (TPSA) is 64.9 Å². The molecule has 0 aliphatic heterocycles. The molecule has 0 aromatic heterocycles. The number of hydrogen-bond donors (Lipinski definition) is 2. The van der Waals surface area contributed by atoms with Crippen LogP contribution < -0.4 is 10.6 Å². The van der Waals surface area contributed by atoms with Crippen molar-refractivity contribution in [3.8, 4) is 6.07 Å². The van der Waals surface area contributed by atoms with Crippen molar-refractivity contribution in [2.45, 2.75) is 25.9 Å². The Morgan fingerprint density at radius 1 is 1.17 bits per heavy atom. The first-order valence-corrected chi connectivity index (χ1v) is 7.70. The van der Waals surface area contributed by atoms with Crippen molar-refractivity contribution >= 4 is 23.2 Å². The molecular formula is C18H18ClN3O. The van der Waals surface area contributed by atoms with E-state index in [1.165, 1.54) is 0 Å². The Morgan fingerprint density at radius 2 is 1.87 bits per heavy atom. The quantitative estimate of drug-likeness (QED) is 0.875. The monoisotopic (exact) mass is 327 g/mol. The van der Waals surface area contributed by atoms with Crippen molar-refractivity contribution in [1.29, 1.82) is 5.26 Å². The van der Waals surface area contributed by atoms with Crippen LogP contribution in [-0.4, -0.2) is 11.9 Å². The maximum atomic E-state index is 12.3. The third-order valence-corrected chi connectivity index (χ3v) is 3.77. The van der Waals surface area contributed by atoms with Gasteiger partial charge in [-0.05, 0) is 49.7 Å². The maximum absolute atomic E-state index is 12.3. The van der Waals surface area contributed by atoms with Gasteiger partial charge < -0.3 is 5.32 Å². The standard InChI is InChI=1S/C18H18ClN3O/c1-12(15-6-8-16(19)9-7-15)21-13(2)18(23)22-17-5-3-4-14(10-17)11-20/h3-10,12-13,21H,1-2H3,(H,22,23)/t12-,13+/m1/s1. The second-order valence-corrected chi connectivity index (χ2v) is 5.78. The Balaban J connectivity index is 1.96. The number of nitrogens with zero attached hydrogens (tertiary/aromatic N) is 1. The number of benzene rings is 2. The van der Waals surface area contributed by atoms with Gasteiger partial charge >= 0.3 is 0 Å². The molecule has 23 heavy (non-hydrogen) atoms. The Morgan fingerprint density at radius 3 is 2.52 bits per heavy atom. The van der Waals surface area contributed by atoms with Gasteiger partial charge in [-0.2, -0.15) is 5.26 Å². The van der Waals surface area contributed by atoms with E-state index < -0.39 is 0 Å². The fourth-order valence-corrected chi connectivity index (χ4v) is 2.34. The number of carbonyl (C=O) groups is 1. The number of nitriles is 1. The van der Waals surface area contributed by atoms with Gasteiger partial charge in [0.05, 0.1) is 17.7 Å². The first-order valence-electron chi connectivity index (χ1n) is 7.32. The van der Waals surface area contributed by atoms with Crippen LogP contribution in [0.25, 0.3) is 0 Å². The predicted octanol–water partition coefficient (Wildman–Crippen LogP) is 3.89. The molecule has 0 saturated heterocycles. The largest absolute Gasteiger partial charge is 0.325 e. The minimum Gasteiger partial charge on any atom is -0.325 e. The molecule has 0 heterocycles. The molecule has 0 aliphatic rings. The van der Waals surface area contributed by atoms with Crippen molar-refractivity contribution in [2.24, 2.45) is 0 Å². The first-order chi connectivity index (χ1) is 11.0. The minimum atomic E-state index is -0.383. The summed E-state index contributed by atoms with van der Waals surface area (Å²) in [5.74, 6) is -0.152. The van der Waals surface area contributed by atoms with E-state index in [1.807, 2.05) is 31.2 Å². The fourth-order valence-electron chi connectivity index (χ4n) is 2.22. The van der Waals surface area contributed by atoms with Crippen molar-refractivity contribution < 1.29 is 4.79 Å². The van der Waals surface area contributed by atoms with Gasteiger partial charge in [0.15, 0.2) is 0 Å². The molecule has 0 aliphatic carbocycles. The third kappa shape index (κ3) is 4.82. The summed E-state index contributed by atoms with van der Waals surface area (Å²) < 4.78 is 0. The lowest BCUT2D eigenvalue weighted by atomic mass is 10.1. The van der Waals surface area contributed by atoms with E-state index in [4.69, 9.17) is 16.9 Å². The van der Waals surface area contributed by atoms with E-state index in [0.29, 0.717) is 16.3 Å². The second-order valence-electron chi connectivity index (χ2n) is 5.34. The molecule has 118 valence electrons. The maximum Gasteiger partial charge on any atom is 0.241 e. The van der Waals surface area contributed by atoms with E-state index >= 15 is 0 Å². The Hall–Kier alpha value is -2.35. The predicted molar refractivity (Wildman–Crippen MR) is 92.3 cm³/mol. The smallest absolute Gasteiger partial charge is 0.241 e.